The molecule has 2 aromatic rings. The molecule has 0 unspecified atom stereocenters. The summed E-state index contributed by atoms with van der Waals surface area (Å²) in [5.41, 5.74) is 1.71. The molecule has 2 aliphatic rings. The number of piperazine rings is 1. The number of carbonyl (C=O) groups excluding carboxylic acids is 1. The Kier molecular flexibility index (Phi) is 5.53. The number of nitrogens with one attached hydrogen (secondary N) is 1. The molecule has 0 spiro atoms. The lowest BCUT2D eigenvalue weighted by Gasteiger charge is -2.35. The highest BCUT2D eigenvalue weighted by atomic mass is 16.7. The Labute approximate surface area is 170 Å². The minimum absolute atomic E-state index is 0.0303. The van der Waals surface area contributed by atoms with Gasteiger partial charge in [0.1, 0.15) is 11.6 Å². The molecule has 1 aromatic heterocycles. The SMILES string of the molecule is Cc1cc(N2CCN(CC(=O)Nc3ccc4c(c3)OCO4)CC2)nc(C(C)C)n1. The summed E-state index contributed by atoms with van der Waals surface area (Å²) >= 11 is 0. The van der Waals surface area contributed by atoms with Gasteiger partial charge >= 0.3 is 0 Å². The third-order valence-electron chi connectivity index (χ3n) is 5.09. The first-order valence-corrected chi connectivity index (χ1v) is 10.0. The van der Waals surface area contributed by atoms with Gasteiger partial charge < -0.3 is 19.7 Å². The van der Waals surface area contributed by atoms with Crippen molar-refractivity contribution in [1.82, 2.24) is 14.9 Å². The summed E-state index contributed by atoms with van der Waals surface area (Å²) in [6.07, 6.45) is 0. The molecule has 4 rings (SSSR count). The van der Waals surface area contributed by atoms with Gasteiger partial charge in [-0.2, -0.15) is 0 Å². The number of anilines is 2. The number of benzene rings is 1. The van der Waals surface area contributed by atoms with Gasteiger partial charge in [-0.15, -0.1) is 0 Å². The van der Waals surface area contributed by atoms with Gasteiger partial charge in [-0.1, -0.05) is 13.8 Å². The Balaban J connectivity index is 1.30. The Morgan fingerprint density at radius 3 is 2.62 bits per heavy atom. The lowest BCUT2D eigenvalue weighted by molar-refractivity contribution is -0.117. The number of carbonyl (C=O) groups is 1. The van der Waals surface area contributed by atoms with E-state index in [0.717, 1.165) is 49.2 Å². The Hall–Kier alpha value is -2.87. The van der Waals surface area contributed by atoms with Crippen LogP contribution in [0, 0.1) is 6.92 Å². The summed E-state index contributed by atoms with van der Waals surface area (Å²) in [6.45, 7) is 10.1. The molecule has 0 bridgehead atoms. The van der Waals surface area contributed by atoms with Gasteiger partial charge in [-0.05, 0) is 19.1 Å². The van der Waals surface area contributed by atoms with E-state index in [0.29, 0.717) is 24.0 Å². The van der Waals surface area contributed by atoms with Crippen molar-refractivity contribution in [2.24, 2.45) is 0 Å². The van der Waals surface area contributed by atoms with Gasteiger partial charge in [0, 0.05) is 55.6 Å². The van der Waals surface area contributed by atoms with Crippen LogP contribution in [0.2, 0.25) is 0 Å². The quantitative estimate of drug-likeness (QED) is 0.830. The number of nitrogens with zero attached hydrogens (tertiary/aromatic N) is 4. The summed E-state index contributed by atoms with van der Waals surface area (Å²) in [7, 11) is 0. The van der Waals surface area contributed by atoms with E-state index in [2.05, 4.69) is 33.9 Å². The standard InChI is InChI=1S/C21H27N5O3/c1-14(2)21-22-15(3)10-19(24-21)26-8-6-25(7-9-26)12-20(27)23-16-4-5-17-18(11-16)29-13-28-17/h4-5,10-11,14H,6-9,12-13H2,1-3H3,(H,23,27). The van der Waals surface area contributed by atoms with E-state index >= 15 is 0 Å². The number of hydrogen-bond acceptors (Lipinski definition) is 7. The third kappa shape index (κ3) is 4.59. The molecule has 1 fully saturated rings. The van der Waals surface area contributed by atoms with E-state index in [9.17, 15) is 4.79 Å². The van der Waals surface area contributed by atoms with Crippen LogP contribution in [-0.4, -0.2) is 60.3 Å². The summed E-state index contributed by atoms with van der Waals surface area (Å²) in [4.78, 5) is 26.1. The third-order valence-corrected chi connectivity index (χ3v) is 5.09. The zero-order valence-corrected chi connectivity index (χ0v) is 17.1. The smallest absolute Gasteiger partial charge is 0.238 e. The van der Waals surface area contributed by atoms with E-state index in [4.69, 9.17) is 14.5 Å². The van der Waals surface area contributed by atoms with Gasteiger partial charge in [0.05, 0.1) is 6.54 Å². The maximum absolute atomic E-state index is 12.4. The molecular weight excluding hydrogens is 370 g/mol. The van der Waals surface area contributed by atoms with Crippen molar-refractivity contribution in [1.29, 1.82) is 0 Å². The van der Waals surface area contributed by atoms with Crippen LogP contribution in [0.3, 0.4) is 0 Å². The predicted molar refractivity (Wildman–Crippen MR) is 111 cm³/mol. The molecule has 154 valence electrons. The highest BCUT2D eigenvalue weighted by molar-refractivity contribution is 5.92. The Morgan fingerprint density at radius 2 is 1.86 bits per heavy atom. The maximum Gasteiger partial charge on any atom is 0.238 e. The average Bonchev–Trinajstić information content (AvgIpc) is 3.16. The lowest BCUT2D eigenvalue weighted by Crippen LogP contribution is -2.49. The van der Waals surface area contributed by atoms with Gasteiger partial charge in [0.25, 0.3) is 0 Å². The second-order valence-corrected chi connectivity index (χ2v) is 7.76. The fraction of sp³-hybridized carbons (Fsp3) is 0.476. The largest absolute Gasteiger partial charge is 0.454 e. The van der Waals surface area contributed by atoms with E-state index in [1.807, 2.05) is 25.1 Å². The van der Waals surface area contributed by atoms with Crippen molar-refractivity contribution < 1.29 is 14.3 Å². The summed E-state index contributed by atoms with van der Waals surface area (Å²) < 4.78 is 10.7. The van der Waals surface area contributed by atoms with Gasteiger partial charge in [0.15, 0.2) is 11.5 Å². The minimum Gasteiger partial charge on any atom is -0.454 e. The summed E-state index contributed by atoms with van der Waals surface area (Å²) in [5, 5.41) is 2.94. The fourth-order valence-electron chi connectivity index (χ4n) is 3.51. The normalized spacial score (nSPS) is 16.3. The first-order chi connectivity index (χ1) is 14.0. The first-order valence-electron chi connectivity index (χ1n) is 10.0. The van der Waals surface area contributed by atoms with Crippen molar-refractivity contribution in [3.05, 3.63) is 35.8 Å². The molecule has 3 heterocycles. The van der Waals surface area contributed by atoms with Crippen LogP contribution in [0.25, 0.3) is 0 Å². The molecule has 0 atom stereocenters. The first kappa shape index (κ1) is 19.4. The molecule has 0 radical (unpaired) electrons. The van der Waals surface area contributed by atoms with Crippen LogP contribution in [-0.2, 0) is 4.79 Å². The number of hydrogen-bond donors (Lipinski definition) is 1. The molecule has 0 saturated carbocycles. The lowest BCUT2D eigenvalue weighted by atomic mass is 10.2. The maximum atomic E-state index is 12.4. The number of ether oxygens (including phenoxy) is 2. The van der Waals surface area contributed by atoms with Crippen LogP contribution in [0.4, 0.5) is 11.5 Å². The highest BCUT2D eigenvalue weighted by Crippen LogP contribution is 2.34. The van der Waals surface area contributed by atoms with Crippen LogP contribution < -0.4 is 19.7 Å². The van der Waals surface area contributed by atoms with E-state index in [-0.39, 0.29) is 12.7 Å². The molecule has 29 heavy (non-hydrogen) atoms. The van der Waals surface area contributed by atoms with Crippen molar-refractivity contribution in [3.63, 3.8) is 0 Å². The van der Waals surface area contributed by atoms with Crippen molar-refractivity contribution >= 4 is 17.4 Å². The number of fused-ring (bicyclic) bond motifs is 1. The molecule has 1 amide bonds. The predicted octanol–water partition coefficient (Wildman–Crippen LogP) is 2.40. The van der Waals surface area contributed by atoms with Gasteiger partial charge in [0.2, 0.25) is 12.7 Å². The topological polar surface area (TPSA) is 79.8 Å². The molecule has 1 saturated heterocycles. The highest BCUT2D eigenvalue weighted by Gasteiger charge is 2.21. The second kappa shape index (κ2) is 8.24. The van der Waals surface area contributed by atoms with Crippen molar-refractivity contribution in [3.8, 4) is 11.5 Å². The molecular formula is C21H27N5O3. The van der Waals surface area contributed by atoms with Crippen molar-refractivity contribution in [2.45, 2.75) is 26.7 Å². The number of rotatable bonds is 5. The monoisotopic (exact) mass is 397 g/mol. The number of aryl methyl sites for hydroxylation is 1. The zero-order valence-electron chi connectivity index (χ0n) is 17.1. The molecule has 1 N–H and O–H groups in total. The molecule has 2 aliphatic heterocycles. The van der Waals surface area contributed by atoms with E-state index in [1.165, 1.54) is 0 Å². The van der Waals surface area contributed by atoms with Crippen LogP contribution in [0.15, 0.2) is 24.3 Å². The van der Waals surface area contributed by atoms with Gasteiger partial charge in [-0.25, -0.2) is 9.97 Å². The molecule has 0 aliphatic carbocycles. The van der Waals surface area contributed by atoms with E-state index in [1.54, 1.807) is 6.07 Å². The average molecular weight is 397 g/mol. The van der Waals surface area contributed by atoms with Crippen LogP contribution in [0.5, 0.6) is 11.5 Å². The Morgan fingerprint density at radius 1 is 1.10 bits per heavy atom. The van der Waals surface area contributed by atoms with Crippen LogP contribution in [0.1, 0.15) is 31.3 Å². The van der Waals surface area contributed by atoms with Gasteiger partial charge in [-0.3, -0.25) is 9.69 Å². The minimum atomic E-state index is -0.0303. The van der Waals surface area contributed by atoms with Crippen LogP contribution >= 0.6 is 0 Å². The number of amides is 1. The van der Waals surface area contributed by atoms with E-state index < -0.39 is 0 Å². The fourth-order valence-corrected chi connectivity index (χ4v) is 3.51. The molecule has 8 heteroatoms. The number of aromatic nitrogens is 2. The summed E-state index contributed by atoms with van der Waals surface area (Å²) in [6, 6.07) is 7.47. The Bertz CT molecular complexity index is 894. The summed E-state index contributed by atoms with van der Waals surface area (Å²) in [5.74, 6) is 3.50. The molecule has 8 nitrogen and oxygen atoms in total. The zero-order chi connectivity index (χ0) is 20.4. The van der Waals surface area contributed by atoms with Crippen molar-refractivity contribution in [2.75, 3.05) is 49.7 Å². The second-order valence-electron chi connectivity index (χ2n) is 7.76. The molecule has 1 aromatic carbocycles.